The van der Waals surface area contributed by atoms with Crippen LogP contribution in [0.2, 0.25) is 0 Å². The van der Waals surface area contributed by atoms with E-state index in [1.165, 1.54) is 0 Å². The molecule has 3 N–H and O–H groups in total. The van der Waals surface area contributed by atoms with E-state index in [9.17, 15) is 17.6 Å². The molecule has 6 nitrogen and oxygen atoms in total. The van der Waals surface area contributed by atoms with Gasteiger partial charge in [-0.15, -0.1) is 0 Å². The molecule has 2 fully saturated rings. The topological polar surface area (TPSA) is 92.5 Å². The fourth-order valence-corrected chi connectivity index (χ4v) is 6.10. The van der Waals surface area contributed by atoms with Crippen molar-refractivity contribution in [3.63, 3.8) is 0 Å². The highest BCUT2D eigenvalue weighted by Crippen LogP contribution is 2.48. The summed E-state index contributed by atoms with van der Waals surface area (Å²) in [6, 6.07) is 13.6. The molecule has 8 heteroatoms. The molecule has 5 rings (SSSR count). The minimum absolute atomic E-state index is 0.0399. The fraction of sp³-hybridized carbons (Fsp3) is 0.458. The molecule has 0 radical (unpaired) electrons. The molecule has 32 heavy (non-hydrogen) atoms. The first-order valence-corrected chi connectivity index (χ1v) is 12.5. The van der Waals surface area contributed by atoms with E-state index in [2.05, 4.69) is 31.3 Å². The number of carbonyl (C=O) groups is 1. The number of alkyl halides is 1. The Kier molecular flexibility index (Phi) is 4.70. The Bertz CT molecular complexity index is 1200. The predicted octanol–water partition coefficient (Wildman–Crippen LogP) is 3.58. The molecule has 1 saturated carbocycles. The number of halogens is 1. The SMILES string of the molecule is CC1(C)Cc2cc(C(=O)C3(S(N)(=O)=O)CC3)ccc2NC1c1cccc(N2CC(F)C2)c1. The van der Waals surface area contributed by atoms with Gasteiger partial charge < -0.3 is 10.2 Å². The van der Waals surface area contributed by atoms with Gasteiger partial charge in [0.2, 0.25) is 10.0 Å². The molecule has 170 valence electrons. The van der Waals surface area contributed by atoms with Crippen LogP contribution in [-0.4, -0.2) is 38.2 Å². The van der Waals surface area contributed by atoms with E-state index in [0.29, 0.717) is 18.7 Å². The number of benzene rings is 2. The lowest BCUT2D eigenvalue weighted by atomic mass is 9.72. The second kappa shape index (κ2) is 7.02. The van der Waals surface area contributed by atoms with Gasteiger partial charge in [-0.05, 0) is 66.1 Å². The van der Waals surface area contributed by atoms with Crippen molar-refractivity contribution in [1.82, 2.24) is 0 Å². The molecule has 2 aliphatic heterocycles. The molecule has 0 aromatic heterocycles. The van der Waals surface area contributed by atoms with Gasteiger partial charge in [-0.3, -0.25) is 4.79 Å². The van der Waals surface area contributed by atoms with E-state index >= 15 is 0 Å². The Balaban J connectivity index is 1.43. The number of anilines is 2. The number of primary sulfonamides is 1. The fourth-order valence-electron chi connectivity index (χ4n) is 5.05. The largest absolute Gasteiger partial charge is 0.377 e. The first-order valence-electron chi connectivity index (χ1n) is 11.0. The number of hydrogen-bond donors (Lipinski definition) is 2. The van der Waals surface area contributed by atoms with Crippen LogP contribution in [0.1, 0.15) is 54.2 Å². The third kappa shape index (κ3) is 3.40. The summed E-state index contributed by atoms with van der Waals surface area (Å²) in [6.07, 6.45) is 0.536. The molecule has 0 bridgehead atoms. The van der Waals surface area contributed by atoms with Gasteiger partial charge in [-0.1, -0.05) is 26.0 Å². The molecule has 0 spiro atoms. The van der Waals surface area contributed by atoms with Crippen LogP contribution in [-0.2, 0) is 16.4 Å². The molecular weight excluding hydrogens is 429 g/mol. The van der Waals surface area contributed by atoms with E-state index < -0.39 is 26.7 Å². The van der Waals surface area contributed by atoms with E-state index in [1.807, 2.05) is 29.2 Å². The first-order chi connectivity index (χ1) is 15.0. The van der Waals surface area contributed by atoms with Crippen molar-refractivity contribution in [3.05, 3.63) is 59.2 Å². The molecule has 1 atom stereocenters. The molecule has 2 aromatic rings. The molecule has 0 amide bonds. The Morgan fingerprint density at radius 1 is 1.16 bits per heavy atom. The first kappa shape index (κ1) is 21.4. The maximum Gasteiger partial charge on any atom is 0.222 e. The molecule has 3 aliphatic rings. The van der Waals surface area contributed by atoms with Crippen LogP contribution in [0.3, 0.4) is 0 Å². The number of hydrogen-bond acceptors (Lipinski definition) is 5. The second-order valence-corrected chi connectivity index (χ2v) is 12.0. The van der Waals surface area contributed by atoms with Gasteiger partial charge in [0, 0.05) is 16.9 Å². The monoisotopic (exact) mass is 457 g/mol. The lowest BCUT2D eigenvalue weighted by Crippen LogP contribution is -2.48. The maximum atomic E-state index is 13.3. The number of Topliss-reactive ketones (excluding diaryl/α,β-unsaturated/α-hetero) is 1. The zero-order valence-corrected chi connectivity index (χ0v) is 19.1. The summed E-state index contributed by atoms with van der Waals surface area (Å²) >= 11 is 0. The average molecular weight is 458 g/mol. The van der Waals surface area contributed by atoms with Crippen LogP contribution >= 0.6 is 0 Å². The van der Waals surface area contributed by atoms with Gasteiger partial charge in [0.05, 0.1) is 19.1 Å². The minimum atomic E-state index is -3.93. The number of sulfonamides is 1. The number of fused-ring (bicyclic) bond motifs is 1. The highest BCUT2D eigenvalue weighted by molar-refractivity contribution is 7.91. The average Bonchev–Trinajstić information content (AvgIpc) is 3.51. The standard InChI is InChI=1S/C24H28FN3O3S/c1-23(2)12-17-10-16(22(29)24(8-9-24)32(26,30)31)6-7-20(17)27-21(23)15-4-3-5-19(11-15)28-13-18(25)14-28/h3-7,10-11,18,21,27H,8-9,12-14H2,1-2H3,(H2,26,30,31). The second-order valence-electron chi connectivity index (χ2n) is 10.1. The number of nitrogens with zero attached hydrogens (tertiary/aromatic N) is 1. The third-order valence-electron chi connectivity index (χ3n) is 7.16. The van der Waals surface area contributed by atoms with Gasteiger partial charge in [-0.2, -0.15) is 0 Å². The summed E-state index contributed by atoms with van der Waals surface area (Å²) < 4.78 is 35.8. The quantitative estimate of drug-likeness (QED) is 0.670. The summed E-state index contributed by atoms with van der Waals surface area (Å²) in [5.74, 6) is -0.406. The van der Waals surface area contributed by atoms with Crippen molar-refractivity contribution < 1.29 is 17.6 Å². The van der Waals surface area contributed by atoms with Gasteiger partial charge >= 0.3 is 0 Å². The minimum Gasteiger partial charge on any atom is -0.377 e. The summed E-state index contributed by atoms with van der Waals surface area (Å²) in [5, 5.41) is 8.97. The van der Waals surface area contributed by atoms with Crippen LogP contribution in [0, 0.1) is 5.41 Å². The smallest absolute Gasteiger partial charge is 0.222 e. The van der Waals surface area contributed by atoms with E-state index in [1.54, 1.807) is 6.07 Å². The van der Waals surface area contributed by atoms with Crippen molar-refractivity contribution in [1.29, 1.82) is 0 Å². The van der Waals surface area contributed by atoms with Crippen LogP contribution in [0.4, 0.5) is 15.8 Å². The Morgan fingerprint density at radius 3 is 2.50 bits per heavy atom. The van der Waals surface area contributed by atoms with Crippen molar-refractivity contribution >= 4 is 27.2 Å². The van der Waals surface area contributed by atoms with E-state index in [-0.39, 0.29) is 24.3 Å². The van der Waals surface area contributed by atoms with Crippen molar-refractivity contribution in [2.45, 2.75) is 50.1 Å². The number of nitrogens with one attached hydrogen (secondary N) is 1. The zero-order valence-electron chi connectivity index (χ0n) is 18.3. The highest BCUT2D eigenvalue weighted by atomic mass is 32.2. The molecular formula is C24H28FN3O3S. The Morgan fingerprint density at radius 2 is 1.88 bits per heavy atom. The van der Waals surface area contributed by atoms with Gasteiger partial charge in [0.1, 0.15) is 10.9 Å². The number of rotatable bonds is 5. The molecule has 1 saturated heterocycles. The van der Waals surface area contributed by atoms with Crippen molar-refractivity contribution in [2.75, 3.05) is 23.3 Å². The van der Waals surface area contributed by atoms with Gasteiger partial charge in [-0.25, -0.2) is 17.9 Å². The zero-order chi connectivity index (χ0) is 22.9. The van der Waals surface area contributed by atoms with Crippen LogP contribution in [0.5, 0.6) is 0 Å². The molecule has 1 unspecified atom stereocenters. The van der Waals surface area contributed by atoms with Crippen LogP contribution < -0.4 is 15.4 Å². The van der Waals surface area contributed by atoms with Crippen molar-refractivity contribution in [3.8, 4) is 0 Å². The summed E-state index contributed by atoms with van der Waals surface area (Å²) in [4.78, 5) is 15.0. The number of ketones is 1. The van der Waals surface area contributed by atoms with Crippen LogP contribution in [0.25, 0.3) is 0 Å². The lowest BCUT2D eigenvalue weighted by molar-refractivity contribution is 0.0978. The molecule has 2 aromatic carbocycles. The van der Waals surface area contributed by atoms with Gasteiger partial charge in [0.15, 0.2) is 5.78 Å². The van der Waals surface area contributed by atoms with E-state index in [4.69, 9.17) is 5.14 Å². The number of carbonyl (C=O) groups excluding carboxylic acids is 1. The number of nitrogens with two attached hydrogens (primary N) is 1. The van der Waals surface area contributed by atoms with Crippen LogP contribution in [0.15, 0.2) is 42.5 Å². The lowest BCUT2D eigenvalue weighted by Gasteiger charge is -2.42. The molecule has 2 heterocycles. The predicted molar refractivity (Wildman–Crippen MR) is 123 cm³/mol. The Hall–Kier alpha value is -2.45. The third-order valence-corrected chi connectivity index (χ3v) is 8.85. The summed E-state index contributed by atoms with van der Waals surface area (Å²) in [5.41, 5.74) is 4.31. The maximum absolute atomic E-state index is 13.3. The van der Waals surface area contributed by atoms with Crippen molar-refractivity contribution in [2.24, 2.45) is 10.6 Å². The normalized spacial score (nSPS) is 23.6. The summed E-state index contributed by atoms with van der Waals surface area (Å²) in [7, 11) is -3.93. The highest BCUT2D eigenvalue weighted by Gasteiger charge is 2.59. The summed E-state index contributed by atoms with van der Waals surface area (Å²) in [6.45, 7) is 5.21. The van der Waals surface area contributed by atoms with E-state index in [0.717, 1.165) is 28.9 Å². The van der Waals surface area contributed by atoms with Gasteiger partial charge in [0.25, 0.3) is 0 Å². The Labute approximate surface area is 188 Å². The molecule has 1 aliphatic carbocycles.